The third-order valence-electron chi connectivity index (χ3n) is 4.62. The predicted octanol–water partition coefficient (Wildman–Crippen LogP) is 4.85. The van der Waals surface area contributed by atoms with Crippen molar-refractivity contribution in [3.8, 4) is 5.75 Å². The molecule has 1 unspecified atom stereocenters. The van der Waals surface area contributed by atoms with Gasteiger partial charge >= 0.3 is 0 Å². The highest BCUT2D eigenvalue weighted by atomic mass is 35.5. The zero-order valence-corrected chi connectivity index (χ0v) is 16.3. The average molecular weight is 411 g/mol. The Hall–Kier alpha value is -3.10. The van der Waals surface area contributed by atoms with Gasteiger partial charge in [-0.05, 0) is 43.3 Å². The standard InChI is InChI=1S/C19H15ClN6OS/c1-11(25-9-8-14-15(25)6-3-7-16(14)27)17-22-23-19-26(17)24-18(28-19)21-13-5-2-4-12(20)10-13/h2-11,27H,1H3,(H,21,24). The summed E-state index contributed by atoms with van der Waals surface area (Å²) in [5.74, 6) is 0.975. The molecule has 28 heavy (non-hydrogen) atoms. The molecule has 0 aliphatic rings. The van der Waals surface area contributed by atoms with Crippen LogP contribution in [0.15, 0.2) is 54.7 Å². The number of benzene rings is 2. The molecule has 0 fully saturated rings. The van der Waals surface area contributed by atoms with E-state index in [1.54, 1.807) is 10.6 Å². The van der Waals surface area contributed by atoms with Crippen molar-refractivity contribution in [1.29, 1.82) is 0 Å². The van der Waals surface area contributed by atoms with Crippen molar-refractivity contribution < 1.29 is 5.11 Å². The number of anilines is 2. The van der Waals surface area contributed by atoms with Gasteiger partial charge in [-0.1, -0.05) is 35.1 Å². The van der Waals surface area contributed by atoms with E-state index in [4.69, 9.17) is 11.6 Å². The van der Waals surface area contributed by atoms with Crippen molar-refractivity contribution in [1.82, 2.24) is 24.4 Å². The Kier molecular flexibility index (Phi) is 3.96. The molecule has 5 rings (SSSR count). The Balaban J connectivity index is 1.52. The van der Waals surface area contributed by atoms with Crippen LogP contribution in [0.1, 0.15) is 18.8 Å². The first-order valence-electron chi connectivity index (χ1n) is 8.63. The molecule has 0 radical (unpaired) electrons. The van der Waals surface area contributed by atoms with E-state index >= 15 is 0 Å². The molecular weight excluding hydrogens is 396 g/mol. The summed E-state index contributed by atoms with van der Waals surface area (Å²) in [6.45, 7) is 2.03. The van der Waals surface area contributed by atoms with Gasteiger partial charge in [0.1, 0.15) is 5.75 Å². The normalized spacial score (nSPS) is 12.6. The second-order valence-electron chi connectivity index (χ2n) is 6.40. The largest absolute Gasteiger partial charge is 0.507 e. The average Bonchev–Trinajstić information content (AvgIpc) is 3.35. The molecule has 0 saturated heterocycles. The minimum absolute atomic E-state index is 0.115. The Bertz CT molecular complexity index is 1310. The summed E-state index contributed by atoms with van der Waals surface area (Å²) in [5.41, 5.74) is 1.79. The van der Waals surface area contributed by atoms with Crippen LogP contribution in [-0.4, -0.2) is 29.5 Å². The zero-order valence-electron chi connectivity index (χ0n) is 14.7. The first-order valence-corrected chi connectivity index (χ1v) is 9.83. The molecule has 0 spiro atoms. The van der Waals surface area contributed by atoms with Gasteiger partial charge in [0.05, 0.1) is 11.6 Å². The van der Waals surface area contributed by atoms with Crippen molar-refractivity contribution >= 4 is 49.6 Å². The third-order valence-corrected chi connectivity index (χ3v) is 5.67. The van der Waals surface area contributed by atoms with Crippen LogP contribution in [0, 0.1) is 0 Å². The molecule has 9 heteroatoms. The van der Waals surface area contributed by atoms with Crippen LogP contribution in [0.4, 0.5) is 10.8 Å². The van der Waals surface area contributed by atoms with Crippen molar-refractivity contribution in [2.24, 2.45) is 0 Å². The first-order chi connectivity index (χ1) is 13.6. The maximum Gasteiger partial charge on any atom is 0.236 e. The summed E-state index contributed by atoms with van der Waals surface area (Å²) < 4.78 is 3.80. The summed E-state index contributed by atoms with van der Waals surface area (Å²) in [6.07, 6.45) is 1.94. The number of hydrogen-bond acceptors (Lipinski definition) is 6. The molecule has 5 aromatic rings. The summed E-state index contributed by atoms with van der Waals surface area (Å²) in [5, 5.41) is 28.7. The highest BCUT2D eigenvalue weighted by Gasteiger charge is 2.20. The number of fused-ring (bicyclic) bond motifs is 2. The molecule has 2 N–H and O–H groups in total. The number of phenolic OH excluding ortho intramolecular Hbond substituents is 1. The number of halogens is 1. The van der Waals surface area contributed by atoms with Gasteiger partial charge in [-0.3, -0.25) is 0 Å². The van der Waals surface area contributed by atoms with E-state index in [0.29, 0.717) is 20.9 Å². The van der Waals surface area contributed by atoms with Crippen molar-refractivity contribution in [2.75, 3.05) is 5.32 Å². The number of hydrogen-bond donors (Lipinski definition) is 2. The van der Waals surface area contributed by atoms with Crippen LogP contribution in [0.25, 0.3) is 15.9 Å². The fourth-order valence-corrected chi connectivity index (χ4v) is 4.22. The lowest BCUT2D eigenvalue weighted by atomic mass is 10.2. The lowest BCUT2D eigenvalue weighted by molar-refractivity contribution is 0.481. The monoisotopic (exact) mass is 410 g/mol. The SMILES string of the molecule is CC(c1nnc2sc(Nc3cccc(Cl)c3)nn12)n1ccc2c(O)cccc21. The van der Waals surface area contributed by atoms with Gasteiger partial charge in [0.15, 0.2) is 5.82 Å². The molecule has 0 bridgehead atoms. The highest BCUT2D eigenvalue weighted by molar-refractivity contribution is 7.20. The lowest BCUT2D eigenvalue weighted by Gasteiger charge is -2.12. The van der Waals surface area contributed by atoms with Gasteiger partial charge in [0, 0.05) is 22.3 Å². The first kappa shape index (κ1) is 17.0. The van der Waals surface area contributed by atoms with Crippen molar-refractivity contribution in [3.63, 3.8) is 0 Å². The van der Waals surface area contributed by atoms with Gasteiger partial charge in [-0.15, -0.1) is 15.3 Å². The number of aromatic hydroxyl groups is 1. The molecule has 0 amide bonds. The summed E-state index contributed by atoms with van der Waals surface area (Å²) in [7, 11) is 0. The van der Waals surface area contributed by atoms with E-state index in [0.717, 1.165) is 16.6 Å². The molecule has 2 aromatic carbocycles. The molecule has 0 aliphatic carbocycles. The minimum Gasteiger partial charge on any atom is -0.507 e. The van der Waals surface area contributed by atoms with Crippen LogP contribution in [-0.2, 0) is 0 Å². The van der Waals surface area contributed by atoms with Crippen molar-refractivity contribution in [2.45, 2.75) is 13.0 Å². The lowest BCUT2D eigenvalue weighted by Crippen LogP contribution is -2.10. The smallest absolute Gasteiger partial charge is 0.236 e. The Morgan fingerprint density at radius 2 is 2.00 bits per heavy atom. The number of nitrogens with zero attached hydrogens (tertiary/aromatic N) is 5. The maximum atomic E-state index is 10.1. The van der Waals surface area contributed by atoms with Gasteiger partial charge in [-0.2, -0.15) is 4.52 Å². The molecule has 3 aromatic heterocycles. The van der Waals surface area contributed by atoms with Gasteiger partial charge in [0.2, 0.25) is 10.1 Å². The Morgan fingerprint density at radius 3 is 2.86 bits per heavy atom. The molecule has 140 valence electrons. The predicted molar refractivity (Wildman–Crippen MR) is 111 cm³/mol. The third kappa shape index (κ3) is 2.78. The second kappa shape index (κ2) is 6.50. The van der Waals surface area contributed by atoms with E-state index in [1.807, 2.05) is 55.6 Å². The van der Waals surface area contributed by atoms with Crippen LogP contribution < -0.4 is 5.32 Å². The van der Waals surface area contributed by atoms with Gasteiger partial charge < -0.3 is 15.0 Å². The number of rotatable bonds is 4. The minimum atomic E-state index is -0.115. The van der Waals surface area contributed by atoms with E-state index in [9.17, 15) is 5.11 Å². The van der Waals surface area contributed by atoms with Gasteiger partial charge in [-0.25, -0.2) is 0 Å². The molecule has 3 heterocycles. The molecule has 0 saturated carbocycles. The van der Waals surface area contributed by atoms with Crippen molar-refractivity contribution in [3.05, 3.63) is 65.6 Å². The van der Waals surface area contributed by atoms with Crippen LogP contribution in [0.5, 0.6) is 5.75 Å². The van der Waals surface area contributed by atoms with E-state index in [1.165, 1.54) is 11.3 Å². The van der Waals surface area contributed by atoms with Gasteiger partial charge in [0.25, 0.3) is 0 Å². The fraction of sp³-hybridized carbons (Fsp3) is 0.105. The van der Waals surface area contributed by atoms with E-state index in [2.05, 4.69) is 25.2 Å². The zero-order chi connectivity index (χ0) is 19.3. The van der Waals surface area contributed by atoms with Crippen LogP contribution in [0.2, 0.25) is 5.02 Å². The molecule has 1 atom stereocenters. The van der Waals surface area contributed by atoms with Crippen LogP contribution >= 0.6 is 22.9 Å². The highest BCUT2D eigenvalue weighted by Crippen LogP contribution is 2.31. The Morgan fingerprint density at radius 1 is 1.14 bits per heavy atom. The quantitative estimate of drug-likeness (QED) is 0.442. The second-order valence-corrected chi connectivity index (χ2v) is 7.80. The fourth-order valence-electron chi connectivity index (χ4n) is 3.27. The number of nitrogens with one attached hydrogen (secondary N) is 1. The summed E-state index contributed by atoms with van der Waals surface area (Å²) in [6, 6.07) is 14.7. The van der Waals surface area contributed by atoms with E-state index in [-0.39, 0.29) is 11.8 Å². The molecular formula is C19H15ClN6OS. The molecule has 0 aliphatic heterocycles. The number of phenols is 1. The van der Waals surface area contributed by atoms with Crippen LogP contribution in [0.3, 0.4) is 0 Å². The topological polar surface area (TPSA) is 80.3 Å². The summed E-state index contributed by atoms with van der Waals surface area (Å²) in [4.78, 5) is 0.700. The summed E-state index contributed by atoms with van der Waals surface area (Å²) >= 11 is 7.46. The Labute approximate surface area is 168 Å². The number of aromatic nitrogens is 5. The maximum absolute atomic E-state index is 10.1. The molecule has 7 nitrogen and oxygen atoms in total. The van der Waals surface area contributed by atoms with E-state index < -0.39 is 0 Å².